The summed E-state index contributed by atoms with van der Waals surface area (Å²) in [5, 5.41) is 0. The van der Waals surface area contributed by atoms with Gasteiger partial charge < -0.3 is 14.2 Å². The SMILES string of the molecule is COCCCOCCOc1ccc(F)cc1S(=O)(=O)Cl. The van der Waals surface area contributed by atoms with Crippen LogP contribution in [-0.2, 0) is 18.5 Å². The van der Waals surface area contributed by atoms with Gasteiger partial charge in [0, 0.05) is 31.0 Å². The minimum atomic E-state index is -4.06. The summed E-state index contributed by atoms with van der Waals surface area (Å²) in [6.45, 7) is 1.54. The Bertz CT molecular complexity index is 521. The highest BCUT2D eigenvalue weighted by atomic mass is 35.7. The molecule has 0 amide bonds. The highest BCUT2D eigenvalue weighted by Gasteiger charge is 2.17. The molecule has 0 N–H and O–H groups in total. The Morgan fingerprint density at radius 3 is 2.60 bits per heavy atom. The van der Waals surface area contributed by atoms with E-state index < -0.39 is 19.8 Å². The van der Waals surface area contributed by atoms with Crippen molar-refractivity contribution in [2.45, 2.75) is 11.3 Å². The van der Waals surface area contributed by atoms with Crippen molar-refractivity contribution in [1.82, 2.24) is 0 Å². The standard InChI is InChI=1S/C12H16ClFO5S/c1-17-5-2-6-18-7-8-19-11-4-3-10(14)9-12(11)20(13,15)16/h3-4,9H,2,5-8H2,1H3. The molecule has 114 valence electrons. The number of rotatable bonds is 9. The molecule has 0 aromatic heterocycles. The molecule has 1 aromatic carbocycles. The molecular weight excluding hydrogens is 311 g/mol. The van der Waals surface area contributed by atoms with Crippen molar-refractivity contribution >= 4 is 19.7 Å². The molecule has 0 heterocycles. The maximum Gasteiger partial charge on any atom is 0.265 e. The van der Waals surface area contributed by atoms with Crippen molar-refractivity contribution in [2.75, 3.05) is 33.5 Å². The minimum Gasteiger partial charge on any atom is -0.490 e. The molecule has 0 unspecified atom stereocenters. The van der Waals surface area contributed by atoms with Crippen LogP contribution in [0.4, 0.5) is 4.39 Å². The zero-order valence-corrected chi connectivity index (χ0v) is 12.5. The first-order chi connectivity index (χ1) is 9.45. The Hall–Kier alpha value is -0.890. The molecule has 1 aromatic rings. The van der Waals surface area contributed by atoms with Crippen LogP contribution in [0.15, 0.2) is 23.1 Å². The lowest BCUT2D eigenvalue weighted by Crippen LogP contribution is -2.10. The summed E-state index contributed by atoms with van der Waals surface area (Å²) in [5.74, 6) is -0.700. The fourth-order valence-electron chi connectivity index (χ4n) is 1.41. The van der Waals surface area contributed by atoms with Gasteiger partial charge in [-0.15, -0.1) is 0 Å². The van der Waals surface area contributed by atoms with Crippen LogP contribution in [0.1, 0.15) is 6.42 Å². The van der Waals surface area contributed by atoms with E-state index in [0.717, 1.165) is 18.6 Å². The molecule has 0 fully saturated rings. The van der Waals surface area contributed by atoms with Crippen molar-refractivity contribution in [3.63, 3.8) is 0 Å². The zero-order valence-electron chi connectivity index (χ0n) is 11.0. The van der Waals surface area contributed by atoms with Crippen LogP contribution in [0.2, 0.25) is 0 Å². The molecule has 0 aliphatic rings. The highest BCUT2D eigenvalue weighted by molar-refractivity contribution is 8.13. The molecule has 0 aliphatic heterocycles. The molecule has 20 heavy (non-hydrogen) atoms. The predicted molar refractivity (Wildman–Crippen MR) is 72.2 cm³/mol. The first kappa shape index (κ1) is 17.2. The Morgan fingerprint density at radius 2 is 1.95 bits per heavy atom. The van der Waals surface area contributed by atoms with E-state index >= 15 is 0 Å². The maximum atomic E-state index is 13.0. The van der Waals surface area contributed by atoms with Crippen LogP contribution in [0.3, 0.4) is 0 Å². The highest BCUT2D eigenvalue weighted by Crippen LogP contribution is 2.27. The molecule has 0 bridgehead atoms. The summed E-state index contributed by atoms with van der Waals surface area (Å²) in [4.78, 5) is -0.390. The number of ether oxygens (including phenoxy) is 3. The van der Waals surface area contributed by atoms with Gasteiger partial charge in [-0.05, 0) is 24.6 Å². The lowest BCUT2D eigenvalue weighted by atomic mass is 10.3. The van der Waals surface area contributed by atoms with Gasteiger partial charge in [-0.25, -0.2) is 12.8 Å². The van der Waals surface area contributed by atoms with Crippen LogP contribution >= 0.6 is 10.7 Å². The Morgan fingerprint density at radius 1 is 1.20 bits per heavy atom. The van der Waals surface area contributed by atoms with E-state index in [2.05, 4.69) is 0 Å². The van der Waals surface area contributed by atoms with Gasteiger partial charge in [0.1, 0.15) is 23.1 Å². The molecule has 5 nitrogen and oxygen atoms in total. The topological polar surface area (TPSA) is 61.8 Å². The molecule has 1 rings (SSSR count). The summed E-state index contributed by atoms with van der Waals surface area (Å²) in [7, 11) is 2.76. The van der Waals surface area contributed by atoms with Gasteiger partial charge in [-0.2, -0.15) is 0 Å². The van der Waals surface area contributed by atoms with Gasteiger partial charge in [0.25, 0.3) is 9.05 Å². The predicted octanol–water partition coefficient (Wildman–Crippen LogP) is 2.19. The van der Waals surface area contributed by atoms with Crippen molar-refractivity contribution in [3.05, 3.63) is 24.0 Å². The van der Waals surface area contributed by atoms with Crippen molar-refractivity contribution in [3.8, 4) is 5.75 Å². The van der Waals surface area contributed by atoms with Crippen molar-refractivity contribution in [1.29, 1.82) is 0 Å². The van der Waals surface area contributed by atoms with Gasteiger partial charge >= 0.3 is 0 Å². The van der Waals surface area contributed by atoms with Gasteiger partial charge in [-0.1, -0.05) is 0 Å². The zero-order chi connectivity index (χ0) is 15.0. The summed E-state index contributed by atoms with van der Waals surface area (Å²) in [5.41, 5.74) is 0. The van der Waals surface area contributed by atoms with Gasteiger partial charge in [0.2, 0.25) is 0 Å². The molecule has 0 saturated carbocycles. The largest absolute Gasteiger partial charge is 0.490 e. The normalized spacial score (nSPS) is 11.6. The summed E-state index contributed by atoms with van der Waals surface area (Å²) >= 11 is 0. The summed E-state index contributed by atoms with van der Waals surface area (Å²) in [6.07, 6.45) is 0.758. The van der Waals surface area contributed by atoms with Gasteiger partial charge in [-0.3, -0.25) is 0 Å². The smallest absolute Gasteiger partial charge is 0.265 e. The van der Waals surface area contributed by atoms with Crippen LogP contribution in [0.5, 0.6) is 5.75 Å². The fourth-order valence-corrected chi connectivity index (χ4v) is 2.39. The van der Waals surface area contributed by atoms with E-state index in [9.17, 15) is 12.8 Å². The molecule has 0 aliphatic carbocycles. The lowest BCUT2D eigenvalue weighted by molar-refractivity contribution is 0.0799. The first-order valence-electron chi connectivity index (χ1n) is 5.89. The number of halogens is 2. The van der Waals surface area contributed by atoms with Gasteiger partial charge in [0.15, 0.2) is 0 Å². The number of benzene rings is 1. The van der Waals surface area contributed by atoms with E-state index in [1.807, 2.05) is 0 Å². The number of hydrogen-bond donors (Lipinski definition) is 0. The van der Waals surface area contributed by atoms with Crippen LogP contribution in [0.25, 0.3) is 0 Å². The third-order valence-electron chi connectivity index (χ3n) is 2.29. The van der Waals surface area contributed by atoms with Crippen LogP contribution in [0, 0.1) is 5.82 Å². The monoisotopic (exact) mass is 326 g/mol. The molecule has 0 spiro atoms. The van der Waals surface area contributed by atoms with E-state index in [1.165, 1.54) is 6.07 Å². The fraction of sp³-hybridized carbons (Fsp3) is 0.500. The Labute approximate surface area is 122 Å². The quantitative estimate of drug-likeness (QED) is 0.514. The van der Waals surface area contributed by atoms with Crippen LogP contribution in [-0.4, -0.2) is 42.0 Å². The molecule has 0 saturated heterocycles. The third kappa shape index (κ3) is 6.04. The molecule has 0 atom stereocenters. The van der Waals surface area contributed by atoms with Crippen molar-refractivity contribution < 1.29 is 27.0 Å². The second-order valence-electron chi connectivity index (χ2n) is 3.84. The summed E-state index contributed by atoms with van der Waals surface area (Å²) < 4.78 is 50.9. The molecule has 0 radical (unpaired) electrons. The first-order valence-corrected chi connectivity index (χ1v) is 8.20. The van der Waals surface area contributed by atoms with Crippen molar-refractivity contribution in [2.24, 2.45) is 0 Å². The Balaban J connectivity index is 2.48. The summed E-state index contributed by atoms with van der Waals surface area (Å²) in [6, 6.07) is 3.13. The second kappa shape index (κ2) is 8.41. The average Bonchev–Trinajstić information content (AvgIpc) is 2.38. The lowest BCUT2D eigenvalue weighted by Gasteiger charge is -2.10. The van der Waals surface area contributed by atoms with Gasteiger partial charge in [0.05, 0.1) is 6.61 Å². The number of hydrogen-bond acceptors (Lipinski definition) is 5. The maximum absolute atomic E-state index is 13.0. The second-order valence-corrected chi connectivity index (χ2v) is 6.37. The molecule has 8 heteroatoms. The van der Waals surface area contributed by atoms with E-state index in [4.69, 9.17) is 24.9 Å². The third-order valence-corrected chi connectivity index (χ3v) is 3.63. The molecular formula is C12H16ClFO5S. The van der Waals surface area contributed by atoms with E-state index in [-0.39, 0.29) is 19.0 Å². The van der Waals surface area contributed by atoms with Crippen LogP contribution < -0.4 is 4.74 Å². The van der Waals surface area contributed by atoms with E-state index in [0.29, 0.717) is 13.2 Å². The average molecular weight is 327 g/mol. The minimum absolute atomic E-state index is 0.00175. The number of methoxy groups -OCH3 is 1. The van der Waals surface area contributed by atoms with E-state index in [1.54, 1.807) is 7.11 Å². The Kier molecular flexibility index (Phi) is 7.22.